The van der Waals surface area contributed by atoms with Crippen molar-refractivity contribution in [1.29, 1.82) is 0 Å². The Morgan fingerprint density at radius 2 is 2.00 bits per heavy atom. The van der Waals surface area contributed by atoms with Gasteiger partial charge in [-0.1, -0.05) is 33.8 Å². The zero-order valence-electron chi connectivity index (χ0n) is 13.7. The zero-order chi connectivity index (χ0) is 16.5. The van der Waals surface area contributed by atoms with Crippen LogP contribution in [0.1, 0.15) is 56.6 Å². The second-order valence-corrected chi connectivity index (χ2v) is 7.11. The first-order valence-electron chi connectivity index (χ1n) is 7.70. The van der Waals surface area contributed by atoms with Gasteiger partial charge in [0.2, 0.25) is 0 Å². The van der Waals surface area contributed by atoms with Gasteiger partial charge in [0, 0.05) is 18.8 Å². The smallest absolute Gasteiger partial charge is 0.308 e. The summed E-state index contributed by atoms with van der Waals surface area (Å²) >= 11 is 0. The molecule has 22 heavy (non-hydrogen) atoms. The van der Waals surface area contributed by atoms with E-state index in [0.717, 1.165) is 18.4 Å². The number of nitrogens with zero attached hydrogens (tertiary/aromatic N) is 2. The highest BCUT2D eigenvalue weighted by Crippen LogP contribution is 2.29. The Labute approximate surface area is 131 Å². The van der Waals surface area contributed by atoms with Crippen LogP contribution in [-0.2, 0) is 10.2 Å². The average molecular weight is 304 g/mol. The standard InChI is InChI=1S/C17H24N2O3/c1-11(16(21)22)10-19(13-6-7-13)15(20)14-8-5-12(9-18-14)17(2,3)4/h5,8-9,11,13H,6-7,10H2,1-4H3,(H,21,22). The fourth-order valence-corrected chi connectivity index (χ4v) is 2.27. The quantitative estimate of drug-likeness (QED) is 0.908. The first-order chi connectivity index (χ1) is 10.2. The summed E-state index contributed by atoms with van der Waals surface area (Å²) in [7, 11) is 0. The summed E-state index contributed by atoms with van der Waals surface area (Å²) in [6, 6.07) is 3.83. The SMILES string of the molecule is CC(CN(C(=O)c1ccc(C(C)(C)C)cn1)C1CC1)C(=O)O. The zero-order valence-corrected chi connectivity index (χ0v) is 13.7. The molecule has 0 saturated heterocycles. The molecule has 0 radical (unpaired) electrons. The lowest BCUT2D eigenvalue weighted by molar-refractivity contribution is -0.141. The highest BCUT2D eigenvalue weighted by atomic mass is 16.4. The minimum atomic E-state index is -0.880. The first kappa shape index (κ1) is 16.5. The Kier molecular flexibility index (Phi) is 4.54. The van der Waals surface area contributed by atoms with Gasteiger partial charge >= 0.3 is 5.97 Å². The van der Waals surface area contributed by atoms with Gasteiger partial charge in [-0.2, -0.15) is 0 Å². The summed E-state index contributed by atoms with van der Waals surface area (Å²) in [5.74, 6) is -1.62. The minimum Gasteiger partial charge on any atom is -0.481 e. The number of pyridine rings is 1. The van der Waals surface area contributed by atoms with E-state index in [4.69, 9.17) is 5.11 Å². The summed E-state index contributed by atoms with van der Waals surface area (Å²) < 4.78 is 0. The molecule has 2 rings (SSSR count). The van der Waals surface area contributed by atoms with Crippen molar-refractivity contribution in [2.45, 2.75) is 52.0 Å². The van der Waals surface area contributed by atoms with Gasteiger partial charge in [-0.15, -0.1) is 0 Å². The van der Waals surface area contributed by atoms with Gasteiger partial charge < -0.3 is 10.0 Å². The van der Waals surface area contributed by atoms with Crippen molar-refractivity contribution in [2.24, 2.45) is 5.92 Å². The molecule has 1 aromatic rings. The molecule has 0 aromatic carbocycles. The van der Waals surface area contributed by atoms with Crippen LogP contribution in [-0.4, -0.2) is 39.5 Å². The van der Waals surface area contributed by atoms with Crippen molar-refractivity contribution in [3.05, 3.63) is 29.6 Å². The number of amides is 1. The van der Waals surface area contributed by atoms with Crippen LogP contribution in [0.3, 0.4) is 0 Å². The highest BCUT2D eigenvalue weighted by molar-refractivity contribution is 5.93. The molecule has 1 aliphatic rings. The van der Waals surface area contributed by atoms with Gasteiger partial charge in [0.15, 0.2) is 0 Å². The van der Waals surface area contributed by atoms with E-state index in [-0.39, 0.29) is 23.9 Å². The van der Waals surface area contributed by atoms with Crippen molar-refractivity contribution in [3.8, 4) is 0 Å². The molecule has 1 saturated carbocycles. The monoisotopic (exact) mass is 304 g/mol. The van der Waals surface area contributed by atoms with Crippen LogP contribution in [0.25, 0.3) is 0 Å². The lowest BCUT2D eigenvalue weighted by atomic mass is 9.88. The molecular weight excluding hydrogens is 280 g/mol. The number of hydrogen-bond acceptors (Lipinski definition) is 3. The number of carbonyl (C=O) groups is 2. The van der Waals surface area contributed by atoms with Gasteiger partial charge in [-0.05, 0) is 29.9 Å². The molecule has 120 valence electrons. The number of aromatic nitrogens is 1. The molecule has 5 nitrogen and oxygen atoms in total. The topological polar surface area (TPSA) is 70.5 Å². The van der Waals surface area contributed by atoms with Gasteiger partial charge in [-0.25, -0.2) is 0 Å². The Morgan fingerprint density at radius 1 is 1.36 bits per heavy atom. The molecule has 1 atom stereocenters. The molecule has 0 spiro atoms. The van der Waals surface area contributed by atoms with E-state index in [9.17, 15) is 9.59 Å². The number of carbonyl (C=O) groups excluding carboxylic acids is 1. The predicted molar refractivity (Wildman–Crippen MR) is 83.8 cm³/mol. The summed E-state index contributed by atoms with van der Waals surface area (Å²) in [4.78, 5) is 29.6. The normalized spacial score (nSPS) is 16.2. The Morgan fingerprint density at radius 3 is 2.41 bits per heavy atom. The lowest BCUT2D eigenvalue weighted by Crippen LogP contribution is -2.39. The largest absolute Gasteiger partial charge is 0.481 e. The van der Waals surface area contributed by atoms with E-state index in [1.807, 2.05) is 6.07 Å². The van der Waals surface area contributed by atoms with Crippen molar-refractivity contribution in [2.75, 3.05) is 6.54 Å². The van der Waals surface area contributed by atoms with Crippen molar-refractivity contribution >= 4 is 11.9 Å². The van der Waals surface area contributed by atoms with Gasteiger partial charge in [0.25, 0.3) is 5.91 Å². The van der Waals surface area contributed by atoms with Gasteiger partial charge in [0.1, 0.15) is 5.69 Å². The second-order valence-electron chi connectivity index (χ2n) is 7.11. The Hall–Kier alpha value is -1.91. The van der Waals surface area contributed by atoms with E-state index < -0.39 is 11.9 Å². The molecule has 1 unspecified atom stereocenters. The van der Waals surface area contributed by atoms with Crippen molar-refractivity contribution in [3.63, 3.8) is 0 Å². The summed E-state index contributed by atoms with van der Waals surface area (Å²) in [6.45, 7) is 8.15. The molecule has 1 fully saturated rings. The summed E-state index contributed by atoms with van der Waals surface area (Å²) in [5.41, 5.74) is 1.45. The number of carboxylic acid groups (broad SMARTS) is 1. The highest BCUT2D eigenvalue weighted by Gasteiger charge is 2.35. The maximum Gasteiger partial charge on any atom is 0.308 e. The van der Waals surface area contributed by atoms with E-state index in [1.165, 1.54) is 0 Å². The van der Waals surface area contributed by atoms with Crippen LogP contribution in [0.5, 0.6) is 0 Å². The maximum atomic E-state index is 12.6. The Bertz CT molecular complexity index is 556. The molecule has 1 amide bonds. The van der Waals surface area contributed by atoms with Crippen LogP contribution >= 0.6 is 0 Å². The van der Waals surface area contributed by atoms with E-state index >= 15 is 0 Å². The fraction of sp³-hybridized carbons (Fsp3) is 0.588. The van der Waals surface area contributed by atoms with E-state index in [0.29, 0.717) is 5.69 Å². The van der Waals surface area contributed by atoms with E-state index in [2.05, 4.69) is 25.8 Å². The van der Waals surface area contributed by atoms with Crippen LogP contribution in [0, 0.1) is 5.92 Å². The molecule has 5 heteroatoms. The second kappa shape index (κ2) is 6.07. The number of carboxylic acids is 1. The average Bonchev–Trinajstić information content (AvgIpc) is 3.27. The lowest BCUT2D eigenvalue weighted by Gasteiger charge is -2.24. The third-order valence-electron chi connectivity index (χ3n) is 3.99. The number of aliphatic carboxylic acids is 1. The molecule has 1 N–H and O–H groups in total. The van der Waals surface area contributed by atoms with Gasteiger partial charge in [0.05, 0.1) is 5.92 Å². The van der Waals surface area contributed by atoms with Gasteiger partial charge in [-0.3, -0.25) is 14.6 Å². The van der Waals surface area contributed by atoms with Crippen LogP contribution in [0.4, 0.5) is 0 Å². The predicted octanol–water partition coefficient (Wildman–Crippen LogP) is 2.70. The van der Waals surface area contributed by atoms with Crippen LogP contribution in [0.15, 0.2) is 18.3 Å². The third-order valence-corrected chi connectivity index (χ3v) is 3.99. The van der Waals surface area contributed by atoms with Crippen molar-refractivity contribution in [1.82, 2.24) is 9.88 Å². The van der Waals surface area contributed by atoms with Crippen LogP contribution < -0.4 is 0 Å². The number of hydrogen-bond donors (Lipinski definition) is 1. The van der Waals surface area contributed by atoms with Crippen LogP contribution in [0.2, 0.25) is 0 Å². The summed E-state index contributed by atoms with van der Waals surface area (Å²) in [5, 5.41) is 9.06. The number of rotatable bonds is 5. The van der Waals surface area contributed by atoms with E-state index in [1.54, 1.807) is 24.1 Å². The Balaban J connectivity index is 2.15. The molecule has 1 heterocycles. The minimum absolute atomic E-state index is 0.0113. The molecule has 0 bridgehead atoms. The fourth-order valence-electron chi connectivity index (χ4n) is 2.27. The summed E-state index contributed by atoms with van der Waals surface area (Å²) in [6.07, 6.45) is 3.62. The van der Waals surface area contributed by atoms with Crippen molar-refractivity contribution < 1.29 is 14.7 Å². The molecule has 1 aliphatic carbocycles. The third kappa shape index (κ3) is 3.84. The maximum absolute atomic E-state index is 12.6. The first-order valence-corrected chi connectivity index (χ1v) is 7.70. The molecular formula is C17H24N2O3. The molecule has 0 aliphatic heterocycles. The molecule has 1 aromatic heterocycles.